The van der Waals surface area contributed by atoms with Crippen molar-refractivity contribution in [2.45, 2.75) is 38.8 Å². The quantitative estimate of drug-likeness (QED) is 0.528. The van der Waals surface area contributed by atoms with Crippen molar-refractivity contribution in [3.8, 4) is 0 Å². The molecule has 3 rings (SSSR count). The molecule has 3 aromatic heterocycles. The van der Waals surface area contributed by atoms with Gasteiger partial charge in [0.15, 0.2) is 5.16 Å². The number of aryl methyl sites for hydroxylation is 2. The van der Waals surface area contributed by atoms with Crippen molar-refractivity contribution in [1.82, 2.24) is 14.7 Å². The number of rotatable bonds is 5. The smallest absolute Gasteiger partial charge is 0.262 e. The Balaban J connectivity index is 1.73. The molecule has 0 spiro atoms. The number of fused-ring (bicyclic) bond motifs is 1. The van der Waals surface area contributed by atoms with Crippen molar-refractivity contribution < 1.29 is 9.32 Å². The van der Waals surface area contributed by atoms with Crippen molar-refractivity contribution in [2.24, 2.45) is 7.05 Å². The van der Waals surface area contributed by atoms with Gasteiger partial charge in [0.05, 0.1) is 16.8 Å². The van der Waals surface area contributed by atoms with Gasteiger partial charge in [-0.25, -0.2) is 4.98 Å². The summed E-state index contributed by atoms with van der Waals surface area (Å²) in [5.41, 5.74) is 1.67. The highest BCUT2D eigenvalue weighted by Gasteiger charge is 2.16. The average molecular weight is 393 g/mol. The zero-order chi connectivity index (χ0) is 19.0. The molecular formula is C17H20N4O3S2. The number of carbonyl (C=O) groups excluding carboxylic acids is 1. The first kappa shape index (κ1) is 18.7. The Morgan fingerprint density at radius 1 is 1.42 bits per heavy atom. The summed E-state index contributed by atoms with van der Waals surface area (Å²) < 4.78 is 6.60. The molecule has 3 heterocycles. The van der Waals surface area contributed by atoms with E-state index in [1.807, 2.05) is 27.7 Å². The summed E-state index contributed by atoms with van der Waals surface area (Å²) in [7, 11) is 1.67. The zero-order valence-corrected chi connectivity index (χ0v) is 16.9. The molecule has 0 unspecified atom stereocenters. The van der Waals surface area contributed by atoms with Crippen LogP contribution in [0, 0.1) is 13.8 Å². The summed E-state index contributed by atoms with van der Waals surface area (Å²) in [4.78, 5) is 31.1. The Morgan fingerprint density at radius 3 is 2.81 bits per heavy atom. The summed E-state index contributed by atoms with van der Waals surface area (Å²) >= 11 is 2.71. The van der Waals surface area contributed by atoms with Crippen molar-refractivity contribution in [1.29, 1.82) is 0 Å². The average Bonchev–Trinajstić information content (AvgIpc) is 3.15. The highest BCUT2D eigenvalue weighted by molar-refractivity contribution is 7.99. The predicted molar refractivity (Wildman–Crippen MR) is 104 cm³/mol. The van der Waals surface area contributed by atoms with E-state index < -0.39 is 0 Å². The SMILES string of the molecule is Cc1sc2nc(SCC(=O)Nc3cc(C(C)C)no3)n(C)c(=O)c2c1C. The van der Waals surface area contributed by atoms with Crippen LogP contribution in [0.2, 0.25) is 0 Å². The van der Waals surface area contributed by atoms with Gasteiger partial charge in [-0.1, -0.05) is 30.8 Å². The van der Waals surface area contributed by atoms with E-state index in [0.29, 0.717) is 21.3 Å². The zero-order valence-electron chi connectivity index (χ0n) is 15.2. The lowest BCUT2D eigenvalue weighted by molar-refractivity contribution is -0.113. The van der Waals surface area contributed by atoms with Gasteiger partial charge in [-0.3, -0.25) is 19.5 Å². The van der Waals surface area contributed by atoms with Crippen molar-refractivity contribution in [3.05, 3.63) is 32.6 Å². The molecule has 0 aliphatic heterocycles. The highest BCUT2D eigenvalue weighted by Crippen LogP contribution is 2.28. The number of aromatic nitrogens is 3. The van der Waals surface area contributed by atoms with Crippen LogP contribution in [0.5, 0.6) is 0 Å². The van der Waals surface area contributed by atoms with E-state index in [1.54, 1.807) is 13.1 Å². The number of thiophene rings is 1. The summed E-state index contributed by atoms with van der Waals surface area (Å²) in [5.74, 6) is 0.421. The topological polar surface area (TPSA) is 90.0 Å². The van der Waals surface area contributed by atoms with E-state index >= 15 is 0 Å². The monoisotopic (exact) mass is 392 g/mol. The van der Waals surface area contributed by atoms with Crippen molar-refractivity contribution >= 4 is 45.1 Å². The third kappa shape index (κ3) is 3.54. The third-order valence-electron chi connectivity index (χ3n) is 4.08. The molecule has 1 N–H and O–H groups in total. The van der Waals surface area contributed by atoms with Crippen LogP contribution >= 0.6 is 23.1 Å². The van der Waals surface area contributed by atoms with E-state index in [2.05, 4.69) is 15.5 Å². The molecule has 1 amide bonds. The number of nitrogens with one attached hydrogen (secondary N) is 1. The molecule has 3 aromatic rings. The fraction of sp³-hybridized carbons (Fsp3) is 0.412. The van der Waals surface area contributed by atoms with Gasteiger partial charge in [-0.15, -0.1) is 11.3 Å². The predicted octanol–water partition coefficient (Wildman–Crippen LogP) is 3.45. The van der Waals surface area contributed by atoms with E-state index in [-0.39, 0.29) is 23.1 Å². The lowest BCUT2D eigenvalue weighted by Gasteiger charge is -2.07. The minimum Gasteiger partial charge on any atom is -0.338 e. The Labute approximate surface area is 158 Å². The van der Waals surface area contributed by atoms with E-state index in [0.717, 1.165) is 16.1 Å². The van der Waals surface area contributed by atoms with Crippen LogP contribution in [0.1, 0.15) is 35.9 Å². The van der Waals surface area contributed by atoms with Crippen LogP contribution in [0.15, 0.2) is 20.5 Å². The van der Waals surface area contributed by atoms with Crippen LogP contribution in [0.3, 0.4) is 0 Å². The Kier molecular flexibility index (Phi) is 5.19. The number of amides is 1. The number of anilines is 1. The van der Waals surface area contributed by atoms with E-state index in [9.17, 15) is 9.59 Å². The number of thioether (sulfide) groups is 1. The third-order valence-corrected chi connectivity index (χ3v) is 6.22. The summed E-state index contributed by atoms with van der Waals surface area (Å²) in [6.07, 6.45) is 0. The first-order chi connectivity index (χ1) is 12.3. The number of hydrogen-bond donors (Lipinski definition) is 1. The lowest BCUT2D eigenvalue weighted by atomic mass is 10.1. The molecule has 0 aromatic carbocycles. The van der Waals surface area contributed by atoms with Crippen LogP contribution in [0.4, 0.5) is 5.88 Å². The highest BCUT2D eigenvalue weighted by atomic mass is 32.2. The molecule has 0 bridgehead atoms. The second-order valence-corrected chi connectivity index (χ2v) is 8.48. The second kappa shape index (κ2) is 7.24. The molecule has 7 nitrogen and oxygen atoms in total. The van der Waals surface area contributed by atoms with E-state index in [4.69, 9.17) is 4.52 Å². The fourth-order valence-corrected chi connectivity index (χ4v) is 4.25. The molecule has 9 heteroatoms. The van der Waals surface area contributed by atoms with Crippen LogP contribution in [-0.2, 0) is 11.8 Å². The molecule has 0 aliphatic rings. The van der Waals surface area contributed by atoms with Gasteiger partial charge in [-0.05, 0) is 25.3 Å². The molecule has 0 saturated heterocycles. The fourth-order valence-electron chi connectivity index (χ4n) is 2.41. The van der Waals surface area contributed by atoms with Gasteiger partial charge in [0.25, 0.3) is 5.56 Å². The van der Waals surface area contributed by atoms with Crippen LogP contribution < -0.4 is 10.9 Å². The number of hydrogen-bond acceptors (Lipinski definition) is 7. The maximum atomic E-state index is 12.6. The molecule has 0 fully saturated rings. The van der Waals surface area contributed by atoms with Gasteiger partial charge in [0.2, 0.25) is 11.8 Å². The lowest BCUT2D eigenvalue weighted by Crippen LogP contribution is -2.21. The van der Waals surface area contributed by atoms with Gasteiger partial charge < -0.3 is 4.52 Å². The second-order valence-electron chi connectivity index (χ2n) is 6.33. The molecule has 0 saturated carbocycles. The van der Waals surface area contributed by atoms with Gasteiger partial charge in [0.1, 0.15) is 4.83 Å². The largest absolute Gasteiger partial charge is 0.338 e. The standard InChI is InChI=1S/C17H20N4O3S2/c1-8(2)11-6-13(24-20-11)18-12(22)7-25-17-19-15-14(16(23)21(17)5)9(3)10(4)26-15/h6,8H,7H2,1-5H3,(H,18,22). The normalized spacial score (nSPS) is 11.5. The van der Waals surface area contributed by atoms with Gasteiger partial charge >= 0.3 is 0 Å². The van der Waals surface area contributed by atoms with Crippen molar-refractivity contribution in [3.63, 3.8) is 0 Å². The molecule has 0 atom stereocenters. The minimum absolute atomic E-state index is 0.0865. The van der Waals surface area contributed by atoms with Gasteiger partial charge in [0, 0.05) is 18.0 Å². The maximum Gasteiger partial charge on any atom is 0.262 e. The maximum absolute atomic E-state index is 12.6. The first-order valence-corrected chi connectivity index (χ1v) is 9.94. The number of nitrogens with zero attached hydrogens (tertiary/aromatic N) is 3. The van der Waals surface area contributed by atoms with Crippen LogP contribution in [0.25, 0.3) is 10.2 Å². The Bertz CT molecular complexity index is 1030. The Morgan fingerprint density at radius 2 is 2.15 bits per heavy atom. The molecule has 138 valence electrons. The number of carbonyl (C=O) groups is 1. The summed E-state index contributed by atoms with van der Waals surface area (Å²) in [5, 5.41) is 7.75. The summed E-state index contributed by atoms with van der Waals surface area (Å²) in [6, 6.07) is 1.71. The summed E-state index contributed by atoms with van der Waals surface area (Å²) in [6.45, 7) is 7.90. The van der Waals surface area contributed by atoms with Crippen LogP contribution in [-0.4, -0.2) is 26.4 Å². The molecule has 0 aliphatic carbocycles. The van der Waals surface area contributed by atoms with Gasteiger partial charge in [-0.2, -0.15) is 0 Å². The van der Waals surface area contributed by atoms with Crippen molar-refractivity contribution in [2.75, 3.05) is 11.1 Å². The first-order valence-electron chi connectivity index (χ1n) is 8.14. The van der Waals surface area contributed by atoms with E-state index in [1.165, 1.54) is 27.7 Å². The minimum atomic E-state index is -0.241. The Hall–Kier alpha value is -2.13. The molecule has 0 radical (unpaired) electrons. The molecule has 26 heavy (non-hydrogen) atoms. The molecular weight excluding hydrogens is 372 g/mol.